The molecule has 1 amide bonds. The molecule has 24 heavy (non-hydrogen) atoms. The lowest BCUT2D eigenvalue weighted by Gasteiger charge is -2.24. The van der Waals surface area contributed by atoms with Crippen molar-refractivity contribution < 1.29 is 9.53 Å². The zero-order chi connectivity index (χ0) is 17.5. The Labute approximate surface area is 149 Å². The molecule has 0 aliphatic heterocycles. The summed E-state index contributed by atoms with van der Waals surface area (Å²) < 4.78 is 7.28. The van der Waals surface area contributed by atoms with Crippen molar-refractivity contribution in [2.75, 3.05) is 20.3 Å². The minimum Gasteiger partial charge on any atom is -0.383 e. The van der Waals surface area contributed by atoms with Crippen LogP contribution in [0.25, 0.3) is 0 Å². The van der Waals surface area contributed by atoms with Gasteiger partial charge in [-0.25, -0.2) is 0 Å². The first-order valence-electron chi connectivity index (χ1n) is 8.12. The number of hydrogen-bond acceptors (Lipinski definition) is 2. The first-order valence-corrected chi connectivity index (χ1v) is 8.56. The van der Waals surface area contributed by atoms with Crippen LogP contribution >= 0.6 is 11.6 Å². The third-order valence-electron chi connectivity index (χ3n) is 3.97. The summed E-state index contributed by atoms with van der Waals surface area (Å²) in [6, 6.07) is 12.5. The van der Waals surface area contributed by atoms with E-state index >= 15 is 0 Å². The van der Waals surface area contributed by atoms with Crippen molar-refractivity contribution >= 4 is 17.5 Å². The van der Waals surface area contributed by atoms with E-state index in [4.69, 9.17) is 16.3 Å². The van der Waals surface area contributed by atoms with Crippen LogP contribution in [0.4, 0.5) is 0 Å². The number of rotatable bonds is 8. The standard InChI is InChI=1S/C19H25ClN2O2/c1-15-6-8-17(9-7-15)13-21-10-4-5-18(21)14-22(11-12-24-3)19(23)16(2)20/h4-10,16H,11-14H2,1-3H3. The van der Waals surface area contributed by atoms with E-state index in [1.165, 1.54) is 11.1 Å². The van der Waals surface area contributed by atoms with Gasteiger partial charge in [0.25, 0.3) is 0 Å². The molecule has 4 nitrogen and oxygen atoms in total. The summed E-state index contributed by atoms with van der Waals surface area (Å²) in [6.45, 7) is 6.12. The lowest BCUT2D eigenvalue weighted by Crippen LogP contribution is -2.38. The molecule has 0 N–H and O–H groups in total. The van der Waals surface area contributed by atoms with E-state index in [0.29, 0.717) is 19.7 Å². The van der Waals surface area contributed by atoms with Crippen LogP contribution in [0.3, 0.4) is 0 Å². The van der Waals surface area contributed by atoms with Gasteiger partial charge in [-0.15, -0.1) is 11.6 Å². The number of carbonyl (C=O) groups is 1. The zero-order valence-electron chi connectivity index (χ0n) is 14.5. The van der Waals surface area contributed by atoms with Gasteiger partial charge in [0.15, 0.2) is 0 Å². The molecule has 1 atom stereocenters. The van der Waals surface area contributed by atoms with Crippen molar-refractivity contribution in [2.24, 2.45) is 0 Å². The average molecular weight is 349 g/mol. The van der Waals surface area contributed by atoms with Crippen molar-refractivity contribution in [1.29, 1.82) is 0 Å². The average Bonchev–Trinajstić information content (AvgIpc) is 2.99. The second-order valence-corrected chi connectivity index (χ2v) is 6.64. The van der Waals surface area contributed by atoms with Gasteiger partial charge in [0, 0.05) is 32.1 Å². The van der Waals surface area contributed by atoms with Crippen molar-refractivity contribution in [3.8, 4) is 0 Å². The first kappa shape index (κ1) is 18.6. The Balaban J connectivity index is 2.11. The van der Waals surface area contributed by atoms with Crippen molar-refractivity contribution in [3.05, 3.63) is 59.4 Å². The quantitative estimate of drug-likeness (QED) is 0.685. The van der Waals surface area contributed by atoms with Gasteiger partial charge in [-0.2, -0.15) is 0 Å². The Morgan fingerprint density at radius 3 is 2.62 bits per heavy atom. The van der Waals surface area contributed by atoms with E-state index in [2.05, 4.69) is 35.8 Å². The zero-order valence-corrected chi connectivity index (χ0v) is 15.3. The number of ether oxygens (including phenoxy) is 1. The smallest absolute Gasteiger partial charge is 0.240 e. The predicted molar refractivity (Wildman–Crippen MR) is 97.3 cm³/mol. The highest BCUT2D eigenvalue weighted by molar-refractivity contribution is 6.30. The number of aromatic nitrogens is 1. The van der Waals surface area contributed by atoms with E-state index in [1.807, 2.05) is 18.3 Å². The Kier molecular flexibility index (Phi) is 6.88. The largest absolute Gasteiger partial charge is 0.383 e. The predicted octanol–water partition coefficient (Wildman–Crippen LogP) is 3.45. The number of alkyl halides is 1. The molecule has 0 saturated carbocycles. The maximum atomic E-state index is 12.3. The second-order valence-electron chi connectivity index (χ2n) is 5.98. The maximum Gasteiger partial charge on any atom is 0.240 e. The van der Waals surface area contributed by atoms with Gasteiger partial charge in [-0.3, -0.25) is 4.79 Å². The second kappa shape index (κ2) is 8.90. The molecule has 1 aromatic carbocycles. The fourth-order valence-electron chi connectivity index (χ4n) is 2.55. The monoisotopic (exact) mass is 348 g/mol. The highest BCUT2D eigenvalue weighted by atomic mass is 35.5. The summed E-state index contributed by atoms with van der Waals surface area (Å²) in [5, 5.41) is -0.539. The third-order valence-corrected chi connectivity index (χ3v) is 4.15. The van der Waals surface area contributed by atoms with Crippen LogP contribution in [0.5, 0.6) is 0 Å². The Morgan fingerprint density at radius 1 is 1.29 bits per heavy atom. The number of halogens is 1. The van der Waals surface area contributed by atoms with Crippen molar-refractivity contribution in [2.45, 2.75) is 32.3 Å². The fraction of sp³-hybridized carbons (Fsp3) is 0.421. The summed E-state index contributed by atoms with van der Waals surface area (Å²) in [5.74, 6) is -0.0724. The lowest BCUT2D eigenvalue weighted by atomic mass is 10.1. The molecule has 2 aromatic rings. The van der Waals surface area contributed by atoms with E-state index in [9.17, 15) is 4.79 Å². The number of carbonyl (C=O) groups excluding carboxylic acids is 1. The van der Waals surface area contributed by atoms with Crippen molar-refractivity contribution in [3.63, 3.8) is 0 Å². The van der Waals surface area contributed by atoms with E-state index in [0.717, 1.165) is 12.2 Å². The first-order chi connectivity index (χ1) is 11.5. The Hall–Kier alpha value is -1.78. The molecule has 0 fully saturated rings. The van der Waals surface area contributed by atoms with Crippen LogP contribution in [-0.4, -0.2) is 41.0 Å². The molecule has 0 saturated heterocycles. The van der Waals surface area contributed by atoms with Crippen LogP contribution in [0.1, 0.15) is 23.7 Å². The summed E-state index contributed by atoms with van der Waals surface area (Å²) in [4.78, 5) is 14.1. The summed E-state index contributed by atoms with van der Waals surface area (Å²) in [5.41, 5.74) is 3.56. The molecule has 5 heteroatoms. The molecule has 0 aliphatic carbocycles. The maximum absolute atomic E-state index is 12.3. The van der Waals surface area contributed by atoms with Crippen LogP contribution < -0.4 is 0 Å². The van der Waals surface area contributed by atoms with Gasteiger partial charge in [0.1, 0.15) is 5.38 Å². The molecular weight excluding hydrogens is 324 g/mol. The number of benzene rings is 1. The van der Waals surface area contributed by atoms with E-state index in [1.54, 1.807) is 18.9 Å². The van der Waals surface area contributed by atoms with Gasteiger partial charge in [0.05, 0.1) is 13.2 Å². The Morgan fingerprint density at radius 2 is 2.00 bits per heavy atom. The molecule has 1 aromatic heterocycles. The van der Waals surface area contributed by atoms with Gasteiger partial charge >= 0.3 is 0 Å². The summed E-state index contributed by atoms with van der Waals surface area (Å²) in [7, 11) is 1.63. The minimum atomic E-state index is -0.539. The SMILES string of the molecule is COCCN(Cc1cccn1Cc1ccc(C)cc1)C(=O)C(C)Cl. The summed E-state index contributed by atoms with van der Waals surface area (Å²) in [6.07, 6.45) is 2.04. The molecule has 0 spiro atoms. The lowest BCUT2D eigenvalue weighted by molar-refractivity contribution is -0.131. The fourth-order valence-corrected chi connectivity index (χ4v) is 2.69. The molecule has 1 heterocycles. The highest BCUT2D eigenvalue weighted by Crippen LogP contribution is 2.13. The van der Waals surface area contributed by atoms with Crippen LogP contribution in [0, 0.1) is 6.92 Å². The van der Waals surface area contributed by atoms with Gasteiger partial charge in [-0.1, -0.05) is 29.8 Å². The molecular formula is C19H25ClN2O2. The molecule has 130 valence electrons. The normalized spacial score (nSPS) is 12.2. The van der Waals surface area contributed by atoms with Crippen LogP contribution in [0.15, 0.2) is 42.6 Å². The Bertz CT molecular complexity index is 650. The molecule has 0 aliphatic rings. The van der Waals surface area contributed by atoms with Crippen molar-refractivity contribution in [1.82, 2.24) is 9.47 Å². The van der Waals surface area contributed by atoms with E-state index < -0.39 is 5.38 Å². The van der Waals surface area contributed by atoms with Gasteiger partial charge in [-0.05, 0) is 31.5 Å². The van der Waals surface area contributed by atoms with Gasteiger partial charge < -0.3 is 14.2 Å². The number of methoxy groups -OCH3 is 1. The summed E-state index contributed by atoms with van der Waals surface area (Å²) >= 11 is 5.99. The van der Waals surface area contributed by atoms with E-state index in [-0.39, 0.29) is 5.91 Å². The molecule has 2 rings (SSSR count). The molecule has 1 unspecified atom stereocenters. The number of aryl methyl sites for hydroxylation is 1. The number of hydrogen-bond donors (Lipinski definition) is 0. The van der Waals surface area contributed by atoms with Crippen LogP contribution in [-0.2, 0) is 22.6 Å². The topological polar surface area (TPSA) is 34.5 Å². The molecule has 0 radical (unpaired) electrons. The van der Waals surface area contributed by atoms with Gasteiger partial charge in [0.2, 0.25) is 5.91 Å². The number of amides is 1. The third kappa shape index (κ3) is 5.11. The minimum absolute atomic E-state index is 0.0724. The molecule has 0 bridgehead atoms. The van der Waals surface area contributed by atoms with Crippen LogP contribution in [0.2, 0.25) is 0 Å². The highest BCUT2D eigenvalue weighted by Gasteiger charge is 2.19. The number of nitrogens with zero attached hydrogens (tertiary/aromatic N) is 2.